The maximum Gasteiger partial charge on any atom is -0.00204 e. The fourth-order valence-electron chi connectivity index (χ4n) is 3.20. The second kappa shape index (κ2) is 7.67. The van der Waals surface area contributed by atoms with Gasteiger partial charge in [-0.15, -0.1) is 0 Å². The van der Waals surface area contributed by atoms with Crippen molar-refractivity contribution in [1.29, 1.82) is 0 Å². The van der Waals surface area contributed by atoms with Gasteiger partial charge in [0, 0.05) is 0 Å². The van der Waals surface area contributed by atoms with Crippen LogP contribution in [0.2, 0.25) is 0 Å². The molecule has 0 N–H and O–H groups in total. The monoisotopic (exact) mass is 330 g/mol. The summed E-state index contributed by atoms with van der Waals surface area (Å²) in [5, 5.41) is 0. The molecule has 0 heteroatoms. The van der Waals surface area contributed by atoms with E-state index in [0.717, 1.165) is 5.56 Å². The van der Waals surface area contributed by atoms with Gasteiger partial charge in [-0.2, -0.15) is 0 Å². The van der Waals surface area contributed by atoms with Crippen LogP contribution in [0.25, 0.3) is 11.1 Å². The van der Waals surface area contributed by atoms with E-state index in [0.29, 0.717) is 0 Å². The Bertz CT molecular complexity index is 815. The van der Waals surface area contributed by atoms with Crippen molar-refractivity contribution in [2.75, 3.05) is 0 Å². The van der Waals surface area contributed by atoms with Crippen molar-refractivity contribution in [2.45, 2.75) is 0 Å². The van der Waals surface area contributed by atoms with Gasteiger partial charge in [0.05, 0.1) is 0 Å². The van der Waals surface area contributed by atoms with Crippen LogP contribution in [0.4, 0.5) is 0 Å². The summed E-state index contributed by atoms with van der Waals surface area (Å²) in [6.07, 6.45) is 0. The zero-order valence-corrected chi connectivity index (χ0v) is 14.4. The maximum absolute atomic E-state index is 3.40. The van der Waals surface area contributed by atoms with Crippen LogP contribution in [0.1, 0.15) is 22.3 Å². The average molecular weight is 330 g/mol. The number of benzene rings is 4. The van der Waals surface area contributed by atoms with E-state index in [4.69, 9.17) is 0 Å². The predicted molar refractivity (Wildman–Crippen MR) is 108 cm³/mol. The molecule has 0 atom stereocenters. The Labute approximate surface area is 155 Å². The largest absolute Gasteiger partial charge is 0.0622 e. The van der Waals surface area contributed by atoms with Gasteiger partial charge >= 0.3 is 0 Å². The van der Waals surface area contributed by atoms with Crippen LogP contribution in [0.15, 0.2) is 109 Å². The molecule has 26 heavy (non-hydrogen) atoms. The Kier molecular flexibility index (Phi) is 4.75. The van der Waals surface area contributed by atoms with E-state index in [-0.39, 0.29) is 0 Å². The van der Waals surface area contributed by atoms with Gasteiger partial charge in [-0.3, -0.25) is 0 Å². The third-order valence-corrected chi connectivity index (χ3v) is 4.35. The van der Waals surface area contributed by atoms with Gasteiger partial charge in [-0.25, -0.2) is 0 Å². The molecule has 0 saturated carbocycles. The highest BCUT2D eigenvalue weighted by Gasteiger charge is 2.15. The van der Waals surface area contributed by atoms with Crippen LogP contribution < -0.4 is 0 Å². The van der Waals surface area contributed by atoms with Gasteiger partial charge in [-0.1, -0.05) is 103 Å². The third kappa shape index (κ3) is 3.36. The van der Waals surface area contributed by atoms with Crippen molar-refractivity contribution >= 4 is 11.1 Å². The van der Waals surface area contributed by atoms with E-state index in [1.165, 1.54) is 27.8 Å². The van der Waals surface area contributed by atoms with E-state index < -0.39 is 0 Å². The minimum absolute atomic E-state index is 1.04. The van der Waals surface area contributed by atoms with E-state index in [1.807, 2.05) is 24.3 Å². The van der Waals surface area contributed by atoms with Gasteiger partial charge in [0.15, 0.2) is 0 Å². The third-order valence-electron chi connectivity index (χ3n) is 4.35. The molecule has 0 bridgehead atoms. The van der Waals surface area contributed by atoms with Crippen LogP contribution in [-0.2, 0) is 0 Å². The van der Waals surface area contributed by atoms with Gasteiger partial charge in [0.2, 0.25) is 0 Å². The molecule has 122 valence electrons. The molecule has 0 nitrogen and oxygen atoms in total. The normalized spacial score (nSPS) is 10.3. The molecule has 0 fully saturated rings. The molecule has 4 aromatic rings. The average Bonchev–Trinajstić information content (AvgIpc) is 2.74. The van der Waals surface area contributed by atoms with Crippen molar-refractivity contribution in [3.8, 4) is 0 Å². The lowest BCUT2D eigenvalue weighted by molar-refractivity contribution is 1.49. The quantitative estimate of drug-likeness (QED) is 0.385. The van der Waals surface area contributed by atoms with Crippen LogP contribution >= 0.6 is 0 Å². The lowest BCUT2D eigenvalue weighted by Crippen LogP contribution is -1.97. The first-order chi connectivity index (χ1) is 12.9. The first kappa shape index (κ1) is 16.1. The summed E-state index contributed by atoms with van der Waals surface area (Å²) in [6, 6.07) is 44.0. The van der Waals surface area contributed by atoms with Crippen molar-refractivity contribution in [3.63, 3.8) is 0 Å². The van der Waals surface area contributed by atoms with E-state index >= 15 is 0 Å². The second-order valence-corrected chi connectivity index (χ2v) is 6.05. The molecule has 0 amide bonds. The van der Waals surface area contributed by atoms with Crippen molar-refractivity contribution in [1.82, 2.24) is 0 Å². The molecule has 0 aromatic heterocycles. The molecular weight excluding hydrogens is 312 g/mol. The molecule has 0 aliphatic carbocycles. The summed E-state index contributed by atoms with van der Waals surface area (Å²) in [6.45, 7) is 0. The van der Waals surface area contributed by atoms with Crippen molar-refractivity contribution in [3.05, 3.63) is 144 Å². The smallest absolute Gasteiger partial charge is 0.00204 e. The summed E-state index contributed by atoms with van der Waals surface area (Å²) in [7, 11) is 0. The topological polar surface area (TPSA) is 0 Å². The Morgan fingerprint density at radius 3 is 1.38 bits per heavy atom. The van der Waals surface area contributed by atoms with Crippen molar-refractivity contribution < 1.29 is 0 Å². The summed E-state index contributed by atoms with van der Waals surface area (Å²) in [4.78, 5) is 0. The van der Waals surface area contributed by atoms with Gasteiger partial charge in [-0.05, 0) is 51.6 Å². The highest BCUT2D eigenvalue weighted by molar-refractivity contribution is 6.04. The Morgan fingerprint density at radius 1 is 0.500 bits per heavy atom. The zero-order valence-electron chi connectivity index (χ0n) is 14.4. The minimum atomic E-state index is 1.04. The molecule has 0 aliphatic heterocycles. The number of hydrogen-bond donors (Lipinski definition) is 0. The fraction of sp³-hybridized carbons (Fsp3) is 0. The van der Waals surface area contributed by atoms with Crippen molar-refractivity contribution in [2.24, 2.45) is 0 Å². The first-order valence-electron chi connectivity index (χ1n) is 8.72. The SMILES string of the molecule is [c]1cc[c]c(C(=C(c2ccccc2)c2ccccc2)c2ccccc2)c1. The van der Waals surface area contributed by atoms with Crippen LogP contribution in [0.5, 0.6) is 0 Å². The zero-order chi connectivity index (χ0) is 17.6. The first-order valence-corrected chi connectivity index (χ1v) is 8.72. The molecule has 2 radical (unpaired) electrons. The van der Waals surface area contributed by atoms with Gasteiger partial charge < -0.3 is 0 Å². The van der Waals surface area contributed by atoms with E-state index in [9.17, 15) is 0 Å². The van der Waals surface area contributed by atoms with E-state index in [1.54, 1.807) is 0 Å². The molecule has 4 aromatic carbocycles. The van der Waals surface area contributed by atoms with Crippen LogP contribution in [-0.4, -0.2) is 0 Å². The number of rotatable bonds is 4. The number of hydrogen-bond acceptors (Lipinski definition) is 0. The Balaban J connectivity index is 2.09. The minimum Gasteiger partial charge on any atom is -0.0622 e. The molecule has 4 rings (SSSR count). The van der Waals surface area contributed by atoms with Crippen LogP contribution in [0.3, 0.4) is 0 Å². The highest BCUT2D eigenvalue weighted by Crippen LogP contribution is 2.36. The van der Waals surface area contributed by atoms with Crippen LogP contribution in [0, 0.1) is 12.1 Å². The lowest BCUT2D eigenvalue weighted by Gasteiger charge is -2.17. The predicted octanol–water partition coefficient (Wildman–Crippen LogP) is 6.29. The Morgan fingerprint density at radius 2 is 0.962 bits per heavy atom. The highest BCUT2D eigenvalue weighted by atomic mass is 14.2. The van der Waals surface area contributed by atoms with Gasteiger partial charge in [0.25, 0.3) is 0 Å². The van der Waals surface area contributed by atoms with E-state index in [2.05, 4.69) is 97.1 Å². The second-order valence-electron chi connectivity index (χ2n) is 6.05. The Hall–Kier alpha value is -3.38. The maximum atomic E-state index is 3.40. The molecule has 0 aliphatic rings. The molecule has 0 heterocycles. The summed E-state index contributed by atoms with van der Waals surface area (Å²) in [5.74, 6) is 0. The fourth-order valence-corrected chi connectivity index (χ4v) is 3.20. The molecule has 0 saturated heterocycles. The molecule has 0 spiro atoms. The van der Waals surface area contributed by atoms with Gasteiger partial charge in [0.1, 0.15) is 0 Å². The lowest BCUT2D eigenvalue weighted by atomic mass is 9.86. The summed E-state index contributed by atoms with van der Waals surface area (Å²) in [5.41, 5.74) is 6.96. The molecule has 0 unspecified atom stereocenters. The molecular formula is C26H18. The standard InChI is InChI=1S/C26H18/c1-5-13-21(14-6-1)25(22-15-7-2-8-16-22)26(23-17-9-3-10-18-23)24-19-11-4-12-20-24/h1-11,13-18,20H. The summed E-state index contributed by atoms with van der Waals surface area (Å²) >= 11 is 0. The summed E-state index contributed by atoms with van der Waals surface area (Å²) < 4.78 is 0.